The van der Waals surface area contributed by atoms with Crippen LogP contribution >= 0.6 is 0 Å². The Morgan fingerprint density at radius 3 is 2.80 bits per heavy atom. The fourth-order valence-corrected chi connectivity index (χ4v) is 3.50. The summed E-state index contributed by atoms with van der Waals surface area (Å²) in [7, 11) is 0. The molecule has 0 bridgehead atoms. The lowest BCUT2D eigenvalue weighted by atomic mass is 9.91. The average molecular weight is 274 g/mol. The number of piperidine rings is 1. The molecule has 2 aliphatic rings. The second-order valence-electron chi connectivity index (χ2n) is 6.55. The summed E-state index contributed by atoms with van der Waals surface area (Å²) in [6.45, 7) is 7.67. The number of likely N-dealkylation sites (tertiary alicyclic amines) is 1. The zero-order chi connectivity index (χ0) is 14.1. The smallest absolute Gasteiger partial charge is 0.123 e. The Kier molecular flexibility index (Phi) is 3.99. The van der Waals surface area contributed by atoms with E-state index in [0.29, 0.717) is 18.1 Å². The van der Waals surface area contributed by atoms with Gasteiger partial charge in [0.15, 0.2) is 0 Å². The predicted octanol–water partition coefficient (Wildman–Crippen LogP) is 2.36. The van der Waals surface area contributed by atoms with Gasteiger partial charge in [0.25, 0.3) is 0 Å². The molecule has 2 unspecified atom stereocenters. The van der Waals surface area contributed by atoms with Gasteiger partial charge in [-0.05, 0) is 57.3 Å². The van der Waals surface area contributed by atoms with Crippen LogP contribution in [0.2, 0.25) is 0 Å². The summed E-state index contributed by atoms with van der Waals surface area (Å²) in [5.41, 5.74) is 8.70. The molecule has 3 heteroatoms. The quantitative estimate of drug-likeness (QED) is 0.919. The summed E-state index contributed by atoms with van der Waals surface area (Å²) in [6.07, 6.45) is 3.86. The molecule has 2 heterocycles. The third-order valence-electron chi connectivity index (χ3n) is 4.79. The number of aryl methyl sites for hydroxylation is 1. The van der Waals surface area contributed by atoms with E-state index in [2.05, 4.69) is 36.9 Å². The van der Waals surface area contributed by atoms with Crippen molar-refractivity contribution in [2.24, 2.45) is 11.7 Å². The highest BCUT2D eigenvalue weighted by atomic mass is 16.5. The Labute approximate surface area is 122 Å². The summed E-state index contributed by atoms with van der Waals surface area (Å²) in [5.74, 6) is 1.79. The van der Waals surface area contributed by atoms with Crippen molar-refractivity contribution in [2.45, 2.75) is 45.3 Å². The average Bonchev–Trinajstić information content (AvgIpc) is 2.80. The SMILES string of the molecule is Cc1ccc2c(c1)CC(CN1CCC(C(C)N)CC1)O2. The van der Waals surface area contributed by atoms with E-state index in [9.17, 15) is 0 Å². The van der Waals surface area contributed by atoms with Crippen LogP contribution in [-0.2, 0) is 6.42 Å². The van der Waals surface area contributed by atoms with Gasteiger partial charge in [0.2, 0.25) is 0 Å². The van der Waals surface area contributed by atoms with E-state index in [0.717, 1.165) is 18.7 Å². The van der Waals surface area contributed by atoms with Gasteiger partial charge in [-0.3, -0.25) is 4.90 Å². The van der Waals surface area contributed by atoms with Crippen molar-refractivity contribution in [1.82, 2.24) is 4.90 Å². The molecule has 1 aromatic carbocycles. The maximum absolute atomic E-state index is 6.07. The molecule has 0 radical (unpaired) electrons. The number of fused-ring (bicyclic) bond motifs is 1. The van der Waals surface area contributed by atoms with Gasteiger partial charge >= 0.3 is 0 Å². The first-order chi connectivity index (χ1) is 9.61. The number of rotatable bonds is 3. The molecular formula is C17H26N2O. The molecule has 3 rings (SSSR count). The molecule has 110 valence electrons. The van der Waals surface area contributed by atoms with Crippen LogP contribution in [0.25, 0.3) is 0 Å². The zero-order valence-corrected chi connectivity index (χ0v) is 12.6. The third-order valence-corrected chi connectivity index (χ3v) is 4.79. The van der Waals surface area contributed by atoms with Crippen molar-refractivity contribution in [3.05, 3.63) is 29.3 Å². The van der Waals surface area contributed by atoms with Crippen LogP contribution in [0.15, 0.2) is 18.2 Å². The lowest BCUT2D eigenvalue weighted by Gasteiger charge is -2.34. The zero-order valence-electron chi connectivity index (χ0n) is 12.6. The Hall–Kier alpha value is -1.06. The fourth-order valence-electron chi connectivity index (χ4n) is 3.50. The number of ether oxygens (including phenoxy) is 1. The molecule has 1 saturated heterocycles. The van der Waals surface area contributed by atoms with Gasteiger partial charge < -0.3 is 10.5 Å². The van der Waals surface area contributed by atoms with Crippen LogP contribution in [-0.4, -0.2) is 36.7 Å². The summed E-state index contributed by atoms with van der Waals surface area (Å²) in [5, 5.41) is 0. The maximum atomic E-state index is 6.07. The number of nitrogens with two attached hydrogens (primary N) is 1. The number of benzene rings is 1. The van der Waals surface area contributed by atoms with Crippen molar-refractivity contribution in [3.8, 4) is 5.75 Å². The van der Waals surface area contributed by atoms with Gasteiger partial charge in [-0.1, -0.05) is 17.7 Å². The maximum Gasteiger partial charge on any atom is 0.123 e. The minimum Gasteiger partial charge on any atom is -0.488 e. The summed E-state index contributed by atoms with van der Waals surface area (Å²) < 4.78 is 6.07. The third kappa shape index (κ3) is 2.99. The van der Waals surface area contributed by atoms with E-state index in [-0.39, 0.29) is 0 Å². The molecule has 3 nitrogen and oxygen atoms in total. The lowest BCUT2D eigenvalue weighted by molar-refractivity contribution is 0.112. The van der Waals surface area contributed by atoms with Crippen LogP contribution < -0.4 is 10.5 Å². The molecular weight excluding hydrogens is 248 g/mol. The highest BCUT2D eigenvalue weighted by Crippen LogP contribution is 2.30. The van der Waals surface area contributed by atoms with Crippen molar-refractivity contribution in [1.29, 1.82) is 0 Å². The molecule has 0 aliphatic carbocycles. The first-order valence-corrected chi connectivity index (χ1v) is 7.86. The van der Waals surface area contributed by atoms with Crippen LogP contribution in [0.4, 0.5) is 0 Å². The molecule has 20 heavy (non-hydrogen) atoms. The van der Waals surface area contributed by atoms with Crippen LogP contribution in [0.1, 0.15) is 30.9 Å². The van der Waals surface area contributed by atoms with Gasteiger partial charge in [-0.2, -0.15) is 0 Å². The van der Waals surface area contributed by atoms with Gasteiger partial charge in [0.05, 0.1) is 0 Å². The second kappa shape index (κ2) is 5.74. The Bertz CT molecular complexity index is 464. The summed E-state index contributed by atoms with van der Waals surface area (Å²) >= 11 is 0. The van der Waals surface area contributed by atoms with E-state index in [1.54, 1.807) is 0 Å². The topological polar surface area (TPSA) is 38.5 Å². The first kappa shape index (κ1) is 13.9. The first-order valence-electron chi connectivity index (χ1n) is 7.86. The number of nitrogens with zero attached hydrogens (tertiary/aromatic N) is 1. The standard InChI is InChI=1S/C17H26N2O/c1-12-3-4-17-15(9-12)10-16(20-17)11-19-7-5-14(6-8-19)13(2)18/h3-4,9,13-14,16H,5-8,10-11,18H2,1-2H3. The molecule has 1 fully saturated rings. The van der Waals surface area contributed by atoms with Crippen molar-refractivity contribution in [2.75, 3.05) is 19.6 Å². The Morgan fingerprint density at radius 2 is 2.10 bits per heavy atom. The van der Waals surface area contributed by atoms with Crippen molar-refractivity contribution < 1.29 is 4.74 Å². The lowest BCUT2D eigenvalue weighted by Crippen LogP contribution is -2.43. The molecule has 1 aromatic rings. The molecule has 0 amide bonds. The van der Waals surface area contributed by atoms with E-state index in [1.807, 2.05) is 0 Å². The van der Waals surface area contributed by atoms with Gasteiger partial charge in [-0.15, -0.1) is 0 Å². The predicted molar refractivity (Wildman–Crippen MR) is 82.1 cm³/mol. The van der Waals surface area contributed by atoms with Gasteiger partial charge in [0, 0.05) is 19.0 Å². The monoisotopic (exact) mass is 274 g/mol. The van der Waals surface area contributed by atoms with E-state index in [1.165, 1.54) is 37.1 Å². The molecule has 2 aliphatic heterocycles. The Balaban J connectivity index is 1.52. The van der Waals surface area contributed by atoms with E-state index >= 15 is 0 Å². The minimum absolute atomic E-state index is 0.332. The second-order valence-corrected chi connectivity index (χ2v) is 6.55. The molecule has 2 atom stereocenters. The Morgan fingerprint density at radius 1 is 1.35 bits per heavy atom. The van der Waals surface area contributed by atoms with Crippen molar-refractivity contribution in [3.63, 3.8) is 0 Å². The van der Waals surface area contributed by atoms with Gasteiger partial charge in [0.1, 0.15) is 11.9 Å². The van der Waals surface area contributed by atoms with Crippen LogP contribution in [0.3, 0.4) is 0 Å². The van der Waals surface area contributed by atoms with Crippen molar-refractivity contribution >= 4 is 0 Å². The molecule has 0 spiro atoms. The van der Waals surface area contributed by atoms with E-state index in [4.69, 9.17) is 10.5 Å². The summed E-state index contributed by atoms with van der Waals surface area (Å²) in [6, 6.07) is 6.85. The van der Waals surface area contributed by atoms with Crippen LogP contribution in [0.5, 0.6) is 5.75 Å². The highest BCUT2D eigenvalue weighted by molar-refractivity contribution is 5.40. The van der Waals surface area contributed by atoms with Gasteiger partial charge in [-0.25, -0.2) is 0 Å². The minimum atomic E-state index is 0.332. The highest BCUT2D eigenvalue weighted by Gasteiger charge is 2.28. The fraction of sp³-hybridized carbons (Fsp3) is 0.647. The number of hydrogen-bond donors (Lipinski definition) is 1. The molecule has 2 N–H and O–H groups in total. The number of hydrogen-bond acceptors (Lipinski definition) is 3. The van der Waals surface area contributed by atoms with Crippen LogP contribution in [0, 0.1) is 12.8 Å². The largest absolute Gasteiger partial charge is 0.488 e. The molecule has 0 saturated carbocycles. The summed E-state index contributed by atoms with van der Waals surface area (Å²) in [4.78, 5) is 2.54. The normalized spacial score (nSPS) is 25.2. The van der Waals surface area contributed by atoms with E-state index < -0.39 is 0 Å². The molecule has 0 aromatic heterocycles.